The zero-order chi connectivity index (χ0) is 8.85. The summed E-state index contributed by atoms with van der Waals surface area (Å²) in [6.45, 7) is 3.39. The zero-order valence-electron chi connectivity index (χ0n) is 6.79. The molecule has 4 nitrogen and oxygen atoms in total. The summed E-state index contributed by atoms with van der Waals surface area (Å²) in [6.07, 6.45) is 0.545. The van der Waals surface area contributed by atoms with E-state index in [1.54, 1.807) is 13.8 Å². The molecule has 0 atom stereocenters. The lowest BCUT2D eigenvalue weighted by atomic mass is 10.4. The lowest BCUT2D eigenvalue weighted by molar-refractivity contribution is -0.148. The molecule has 0 saturated heterocycles. The number of methoxy groups -OCH3 is 1. The van der Waals surface area contributed by atoms with Gasteiger partial charge in [-0.2, -0.15) is 0 Å². The fraction of sp³-hybridized carbons (Fsp3) is 0.571. The molecule has 0 aromatic carbocycles. The predicted octanol–water partition coefficient (Wildman–Crippen LogP) is 0.315. The highest BCUT2D eigenvalue weighted by molar-refractivity contribution is 6.03. The van der Waals surface area contributed by atoms with Crippen LogP contribution in [0.3, 0.4) is 0 Å². The Bertz CT molecular complexity index is 151. The van der Waals surface area contributed by atoms with E-state index in [-0.39, 0.29) is 6.10 Å². The van der Waals surface area contributed by atoms with Crippen molar-refractivity contribution in [2.24, 2.45) is 0 Å². The summed E-state index contributed by atoms with van der Waals surface area (Å²) in [5.74, 6) is -1.37. The molecule has 0 aliphatic carbocycles. The Hall–Kier alpha value is -1.06. The quantitative estimate of drug-likeness (QED) is 0.439. The van der Waals surface area contributed by atoms with Gasteiger partial charge >= 0.3 is 11.9 Å². The highest BCUT2D eigenvalue weighted by Crippen LogP contribution is 1.92. The molecule has 63 valence electrons. The highest BCUT2D eigenvalue weighted by atomic mass is 16.6. The molecule has 0 aromatic rings. The maximum atomic E-state index is 10.6. The van der Waals surface area contributed by atoms with Crippen molar-refractivity contribution < 1.29 is 19.1 Å². The van der Waals surface area contributed by atoms with E-state index in [0.717, 1.165) is 6.42 Å². The number of rotatable bonds is 3. The van der Waals surface area contributed by atoms with Crippen molar-refractivity contribution in [3.63, 3.8) is 0 Å². The Labute approximate surface area is 65.5 Å². The van der Waals surface area contributed by atoms with Crippen molar-refractivity contribution in [3.8, 4) is 0 Å². The monoisotopic (exact) mass is 159 g/mol. The lowest BCUT2D eigenvalue weighted by Crippen LogP contribution is -2.16. The number of hydrogen-bond acceptors (Lipinski definition) is 4. The van der Waals surface area contributed by atoms with Crippen LogP contribution >= 0.6 is 0 Å². The standard InChI is InChI=1S/C7H11O4/c1-5(2)11-7(9)4-6(8)10-3/h4-5H,1-3H3. The molecule has 0 aliphatic heterocycles. The van der Waals surface area contributed by atoms with Gasteiger partial charge in [0.25, 0.3) is 0 Å². The van der Waals surface area contributed by atoms with Crippen LogP contribution in [0.15, 0.2) is 0 Å². The average molecular weight is 159 g/mol. The van der Waals surface area contributed by atoms with Gasteiger partial charge in [-0.1, -0.05) is 0 Å². The first kappa shape index (κ1) is 9.94. The Balaban J connectivity index is 3.61. The zero-order valence-corrected chi connectivity index (χ0v) is 6.79. The summed E-state index contributed by atoms with van der Waals surface area (Å²) in [5.41, 5.74) is 0. The second-order valence-corrected chi connectivity index (χ2v) is 2.15. The van der Waals surface area contributed by atoms with E-state index < -0.39 is 11.9 Å². The van der Waals surface area contributed by atoms with Crippen molar-refractivity contribution >= 4 is 11.9 Å². The van der Waals surface area contributed by atoms with Gasteiger partial charge in [-0.05, 0) is 13.8 Å². The van der Waals surface area contributed by atoms with Gasteiger partial charge in [0.15, 0.2) is 6.42 Å². The normalized spacial score (nSPS) is 9.45. The van der Waals surface area contributed by atoms with Crippen LogP contribution in [0.25, 0.3) is 0 Å². The van der Waals surface area contributed by atoms with Crippen molar-refractivity contribution in [2.75, 3.05) is 7.11 Å². The third kappa shape index (κ3) is 5.39. The van der Waals surface area contributed by atoms with Gasteiger partial charge in [0.1, 0.15) is 0 Å². The second-order valence-electron chi connectivity index (χ2n) is 2.15. The molecule has 11 heavy (non-hydrogen) atoms. The molecule has 0 aliphatic rings. The van der Waals surface area contributed by atoms with Crippen molar-refractivity contribution in [1.82, 2.24) is 0 Å². The van der Waals surface area contributed by atoms with E-state index in [9.17, 15) is 9.59 Å². The average Bonchev–Trinajstić information content (AvgIpc) is 1.85. The Morgan fingerprint density at radius 3 is 2.18 bits per heavy atom. The maximum Gasteiger partial charge on any atom is 0.322 e. The van der Waals surface area contributed by atoms with Crippen LogP contribution in [-0.2, 0) is 19.1 Å². The molecular weight excluding hydrogens is 148 g/mol. The van der Waals surface area contributed by atoms with E-state index in [0.29, 0.717) is 0 Å². The van der Waals surface area contributed by atoms with Crippen LogP contribution in [0, 0.1) is 6.42 Å². The molecule has 0 N–H and O–H groups in total. The third-order valence-electron chi connectivity index (χ3n) is 0.789. The fourth-order valence-electron chi connectivity index (χ4n) is 0.421. The van der Waals surface area contributed by atoms with Gasteiger partial charge < -0.3 is 9.47 Å². The summed E-state index contributed by atoms with van der Waals surface area (Å²) < 4.78 is 8.83. The number of carbonyl (C=O) groups excluding carboxylic acids is 2. The van der Waals surface area contributed by atoms with Crippen LogP contribution in [-0.4, -0.2) is 25.2 Å². The number of esters is 2. The molecular formula is C7H11O4. The summed E-state index contributed by atoms with van der Waals surface area (Å²) >= 11 is 0. The van der Waals surface area contributed by atoms with Crippen LogP contribution in [0.1, 0.15) is 13.8 Å². The maximum absolute atomic E-state index is 10.6. The molecule has 0 heterocycles. The Kier molecular flexibility index (Phi) is 4.26. The van der Waals surface area contributed by atoms with E-state index in [1.807, 2.05) is 0 Å². The van der Waals surface area contributed by atoms with Crippen molar-refractivity contribution in [2.45, 2.75) is 20.0 Å². The van der Waals surface area contributed by atoms with Gasteiger partial charge in [-0.25, -0.2) is 0 Å². The minimum absolute atomic E-state index is 0.219. The van der Waals surface area contributed by atoms with Crippen molar-refractivity contribution in [3.05, 3.63) is 6.42 Å². The van der Waals surface area contributed by atoms with Gasteiger partial charge in [0.05, 0.1) is 13.2 Å². The smallest absolute Gasteiger partial charge is 0.322 e. The third-order valence-corrected chi connectivity index (χ3v) is 0.789. The minimum atomic E-state index is -0.698. The molecule has 0 bridgehead atoms. The molecule has 0 aromatic heterocycles. The molecule has 0 amide bonds. The first-order valence-electron chi connectivity index (χ1n) is 3.19. The van der Waals surface area contributed by atoms with Crippen LogP contribution in [0.2, 0.25) is 0 Å². The first-order chi connectivity index (χ1) is 5.06. The summed E-state index contributed by atoms with van der Waals surface area (Å²) in [4.78, 5) is 21.1. The van der Waals surface area contributed by atoms with E-state index in [1.165, 1.54) is 7.11 Å². The van der Waals surface area contributed by atoms with Gasteiger partial charge in [-0.15, -0.1) is 0 Å². The topological polar surface area (TPSA) is 52.6 Å². The molecule has 1 radical (unpaired) electrons. The van der Waals surface area contributed by atoms with Crippen molar-refractivity contribution in [1.29, 1.82) is 0 Å². The number of ether oxygens (including phenoxy) is 2. The van der Waals surface area contributed by atoms with E-state index in [2.05, 4.69) is 9.47 Å². The Morgan fingerprint density at radius 2 is 1.82 bits per heavy atom. The molecule has 4 heteroatoms. The lowest BCUT2D eigenvalue weighted by Gasteiger charge is -2.05. The molecule has 0 saturated carbocycles. The van der Waals surface area contributed by atoms with Gasteiger partial charge in [0, 0.05) is 0 Å². The SMILES string of the molecule is COC(=O)[CH]C(=O)OC(C)C. The van der Waals surface area contributed by atoms with Gasteiger partial charge in [-0.3, -0.25) is 9.59 Å². The largest absolute Gasteiger partial charge is 0.468 e. The second kappa shape index (κ2) is 4.71. The molecule has 0 spiro atoms. The summed E-state index contributed by atoms with van der Waals surface area (Å²) in [7, 11) is 1.20. The van der Waals surface area contributed by atoms with E-state index in [4.69, 9.17) is 0 Å². The predicted molar refractivity (Wildman–Crippen MR) is 37.5 cm³/mol. The molecule has 0 fully saturated rings. The van der Waals surface area contributed by atoms with Gasteiger partial charge in [0.2, 0.25) is 0 Å². The summed E-state index contributed by atoms with van der Waals surface area (Å²) in [5, 5.41) is 0. The fourth-order valence-corrected chi connectivity index (χ4v) is 0.421. The van der Waals surface area contributed by atoms with Crippen LogP contribution < -0.4 is 0 Å². The van der Waals surface area contributed by atoms with E-state index >= 15 is 0 Å². The molecule has 0 unspecified atom stereocenters. The minimum Gasteiger partial charge on any atom is -0.468 e. The Morgan fingerprint density at radius 1 is 1.27 bits per heavy atom. The summed E-state index contributed by atoms with van der Waals surface area (Å²) in [6, 6.07) is 0. The van der Waals surface area contributed by atoms with Crippen LogP contribution in [0.5, 0.6) is 0 Å². The highest BCUT2D eigenvalue weighted by Gasteiger charge is 2.12. The number of carbonyl (C=O) groups is 2. The first-order valence-corrected chi connectivity index (χ1v) is 3.19. The van der Waals surface area contributed by atoms with Crippen LogP contribution in [0.4, 0.5) is 0 Å². The number of hydrogen-bond donors (Lipinski definition) is 0. The molecule has 0 rings (SSSR count).